The van der Waals surface area contributed by atoms with Crippen molar-refractivity contribution in [3.8, 4) is 0 Å². The molecule has 40 heavy (non-hydrogen) atoms. The molecule has 0 unspecified atom stereocenters. The van der Waals surface area contributed by atoms with E-state index in [0.717, 1.165) is 31.4 Å². The quantitative estimate of drug-likeness (QED) is 0.168. The molecule has 2 atom stereocenters. The third kappa shape index (κ3) is 12.5. The van der Waals surface area contributed by atoms with Gasteiger partial charge in [0.1, 0.15) is 5.78 Å². The maximum atomic E-state index is 11.9. The van der Waals surface area contributed by atoms with Crippen LogP contribution in [0.4, 0.5) is 4.79 Å². The van der Waals surface area contributed by atoms with Gasteiger partial charge in [-0.1, -0.05) is 18.1 Å². The lowest BCUT2D eigenvalue weighted by molar-refractivity contribution is -0.121. The maximum Gasteiger partial charge on any atom is 0.315 e. The molecule has 1 aromatic heterocycles. The lowest BCUT2D eigenvalue weighted by Crippen LogP contribution is -2.30. The standard InChI is InChI=1S/C26H44N8O6/c1-20(35)18-26(31-32-26)9-8-22-19-34(33-30-22)11-13-39-15-17-40-16-14-38-12-10-27-24(36)7-5-3-4-6-23-21(2)28-25(37)29-23/h19,21,23H,3-18H2,1-2H3,(H,27,36)(H2,28,29,37)/t21-,23+/m1/s1. The number of Topliss-reactive ketones (excluding diaryl/α,β-unsaturated/α-hetero) is 1. The number of ketones is 1. The predicted octanol–water partition coefficient (Wildman–Crippen LogP) is 1.54. The molecule has 0 bridgehead atoms. The Labute approximate surface area is 235 Å². The first-order chi connectivity index (χ1) is 19.3. The summed E-state index contributed by atoms with van der Waals surface area (Å²) in [5.41, 5.74) is 0.314. The van der Waals surface area contributed by atoms with Gasteiger partial charge >= 0.3 is 6.03 Å². The summed E-state index contributed by atoms with van der Waals surface area (Å²) in [7, 11) is 0. The van der Waals surface area contributed by atoms with E-state index in [-0.39, 0.29) is 29.8 Å². The molecule has 0 spiro atoms. The monoisotopic (exact) mass is 564 g/mol. The van der Waals surface area contributed by atoms with E-state index in [9.17, 15) is 14.4 Å². The van der Waals surface area contributed by atoms with Crippen LogP contribution in [0.1, 0.15) is 64.5 Å². The van der Waals surface area contributed by atoms with Gasteiger partial charge in [0.25, 0.3) is 0 Å². The molecule has 0 radical (unpaired) electrons. The highest BCUT2D eigenvalue weighted by molar-refractivity contribution is 5.77. The van der Waals surface area contributed by atoms with E-state index in [1.165, 1.54) is 0 Å². The van der Waals surface area contributed by atoms with E-state index < -0.39 is 5.66 Å². The third-order valence-electron chi connectivity index (χ3n) is 6.76. The van der Waals surface area contributed by atoms with E-state index in [2.05, 4.69) is 36.5 Å². The number of carbonyl (C=O) groups is 3. The second-order valence-corrected chi connectivity index (χ2v) is 10.3. The predicted molar refractivity (Wildman–Crippen MR) is 145 cm³/mol. The average Bonchev–Trinajstić information content (AvgIpc) is 3.37. The average molecular weight is 565 g/mol. The second-order valence-electron chi connectivity index (χ2n) is 10.3. The first-order valence-electron chi connectivity index (χ1n) is 14.2. The van der Waals surface area contributed by atoms with E-state index in [4.69, 9.17) is 14.2 Å². The zero-order valence-corrected chi connectivity index (χ0v) is 23.7. The van der Waals surface area contributed by atoms with Crippen molar-refractivity contribution in [3.63, 3.8) is 0 Å². The fraction of sp³-hybridized carbons (Fsp3) is 0.808. The van der Waals surface area contributed by atoms with Gasteiger partial charge in [-0.15, -0.1) is 5.10 Å². The summed E-state index contributed by atoms with van der Waals surface area (Å²) < 4.78 is 18.3. The van der Waals surface area contributed by atoms with Gasteiger partial charge in [-0.3, -0.25) is 9.59 Å². The van der Waals surface area contributed by atoms with Crippen molar-refractivity contribution in [2.45, 2.75) is 89.5 Å². The molecule has 1 fully saturated rings. The maximum absolute atomic E-state index is 11.9. The molecule has 3 rings (SSSR count). The highest BCUT2D eigenvalue weighted by atomic mass is 16.5. The van der Waals surface area contributed by atoms with Gasteiger partial charge in [0.15, 0.2) is 5.66 Å². The van der Waals surface area contributed by atoms with Gasteiger partial charge in [0.2, 0.25) is 5.91 Å². The summed E-state index contributed by atoms with van der Waals surface area (Å²) in [5.74, 6) is 0.120. The van der Waals surface area contributed by atoms with E-state index in [1.54, 1.807) is 11.6 Å². The van der Waals surface area contributed by atoms with Gasteiger partial charge in [0.05, 0.1) is 64.3 Å². The minimum absolute atomic E-state index is 0.0338. The van der Waals surface area contributed by atoms with Crippen molar-refractivity contribution in [1.29, 1.82) is 0 Å². The number of aromatic nitrogens is 3. The molecule has 0 aromatic carbocycles. The van der Waals surface area contributed by atoms with Crippen LogP contribution in [0.5, 0.6) is 0 Å². The smallest absolute Gasteiger partial charge is 0.315 e. The summed E-state index contributed by atoms with van der Waals surface area (Å²) in [4.78, 5) is 34.5. The van der Waals surface area contributed by atoms with Gasteiger partial charge in [0, 0.05) is 31.6 Å². The van der Waals surface area contributed by atoms with Crippen LogP contribution >= 0.6 is 0 Å². The van der Waals surface area contributed by atoms with E-state index >= 15 is 0 Å². The molecule has 0 saturated carbocycles. The number of amides is 3. The zero-order chi connectivity index (χ0) is 28.6. The molecule has 14 nitrogen and oxygen atoms in total. The normalized spacial score (nSPS) is 18.9. The summed E-state index contributed by atoms with van der Waals surface area (Å²) in [6.45, 7) is 7.42. The van der Waals surface area contributed by atoms with Crippen LogP contribution in [0.2, 0.25) is 0 Å². The number of nitrogens with zero attached hydrogens (tertiary/aromatic N) is 5. The third-order valence-corrected chi connectivity index (χ3v) is 6.76. The Hall–Kier alpha value is -2.97. The van der Waals surface area contributed by atoms with Crippen LogP contribution in [-0.4, -0.2) is 96.6 Å². The van der Waals surface area contributed by atoms with Crippen LogP contribution < -0.4 is 16.0 Å². The van der Waals surface area contributed by atoms with Gasteiger partial charge < -0.3 is 30.2 Å². The summed E-state index contributed by atoms with van der Waals surface area (Å²) in [5, 5.41) is 24.9. The van der Waals surface area contributed by atoms with Gasteiger partial charge in [-0.05, 0) is 33.1 Å². The Morgan fingerprint density at radius 1 is 1.02 bits per heavy atom. The largest absolute Gasteiger partial charge is 0.377 e. The fourth-order valence-electron chi connectivity index (χ4n) is 4.46. The lowest BCUT2D eigenvalue weighted by Gasteiger charge is -2.13. The molecular formula is C26H44N8O6. The summed E-state index contributed by atoms with van der Waals surface area (Å²) in [6, 6.07) is 0.245. The van der Waals surface area contributed by atoms with Crippen LogP contribution in [0, 0.1) is 0 Å². The van der Waals surface area contributed by atoms with Crippen LogP contribution in [0.25, 0.3) is 0 Å². The highest BCUT2D eigenvalue weighted by Crippen LogP contribution is 2.36. The first-order valence-corrected chi connectivity index (χ1v) is 14.2. The molecule has 0 aliphatic carbocycles. The SMILES string of the molecule is CC(=O)CC1(CCc2cn(CCOCCOCCOCCNC(=O)CCCCC[C@@H]3NC(=O)N[C@@H]3C)nn2)N=N1. The molecule has 1 saturated heterocycles. The number of nitrogens with one attached hydrogen (secondary N) is 3. The molecular weight excluding hydrogens is 520 g/mol. The highest BCUT2D eigenvalue weighted by Gasteiger charge is 2.40. The van der Waals surface area contributed by atoms with Crippen LogP contribution in [0.15, 0.2) is 16.4 Å². The number of ether oxygens (including phenoxy) is 3. The van der Waals surface area contributed by atoms with Crippen molar-refractivity contribution in [1.82, 2.24) is 30.9 Å². The summed E-state index contributed by atoms with van der Waals surface area (Å²) in [6.07, 6.45) is 7.78. The Kier molecular flexibility index (Phi) is 13.4. The van der Waals surface area contributed by atoms with Crippen LogP contribution in [0.3, 0.4) is 0 Å². The van der Waals surface area contributed by atoms with Crippen molar-refractivity contribution < 1.29 is 28.6 Å². The van der Waals surface area contributed by atoms with Gasteiger partial charge in [-0.25, -0.2) is 9.48 Å². The molecule has 3 heterocycles. The number of aryl methyl sites for hydroxylation is 1. The van der Waals surface area contributed by atoms with Crippen LogP contribution in [-0.2, 0) is 36.8 Å². The van der Waals surface area contributed by atoms with Gasteiger partial charge in [-0.2, -0.15) is 10.2 Å². The van der Waals surface area contributed by atoms with Crippen molar-refractivity contribution in [2.75, 3.05) is 46.2 Å². The summed E-state index contributed by atoms with van der Waals surface area (Å²) >= 11 is 0. The molecule has 3 amide bonds. The number of carbonyl (C=O) groups excluding carboxylic acids is 3. The molecule has 224 valence electrons. The minimum Gasteiger partial charge on any atom is -0.377 e. The number of hydrogen-bond acceptors (Lipinski definition) is 10. The minimum atomic E-state index is -0.532. The number of rotatable bonds is 23. The van der Waals surface area contributed by atoms with E-state index in [1.807, 2.05) is 13.1 Å². The number of unbranched alkanes of at least 4 members (excludes halogenated alkanes) is 2. The zero-order valence-electron chi connectivity index (χ0n) is 23.7. The fourth-order valence-corrected chi connectivity index (χ4v) is 4.46. The molecule has 14 heteroatoms. The molecule has 2 aliphatic rings. The molecule has 2 aliphatic heterocycles. The van der Waals surface area contributed by atoms with Crippen molar-refractivity contribution in [2.24, 2.45) is 10.2 Å². The van der Waals surface area contributed by atoms with Crippen molar-refractivity contribution >= 4 is 17.7 Å². The Balaban J connectivity index is 1.04. The first kappa shape index (κ1) is 31.6. The Bertz CT molecular complexity index is 965. The second kappa shape index (κ2) is 17.0. The van der Waals surface area contributed by atoms with Crippen molar-refractivity contribution in [3.05, 3.63) is 11.9 Å². The van der Waals surface area contributed by atoms with E-state index in [0.29, 0.717) is 78.4 Å². The molecule has 3 N–H and O–H groups in total. The number of hydrogen-bond donors (Lipinski definition) is 3. The Morgan fingerprint density at radius 3 is 2.42 bits per heavy atom. The Morgan fingerprint density at radius 2 is 1.75 bits per heavy atom. The molecule has 1 aromatic rings. The topological polar surface area (TPSA) is 170 Å². The lowest BCUT2D eigenvalue weighted by atomic mass is 10.0. The number of urea groups is 1.